The second kappa shape index (κ2) is 7.46. The van der Waals surface area contributed by atoms with Crippen molar-refractivity contribution in [3.8, 4) is 17.2 Å². The zero-order chi connectivity index (χ0) is 27.8. The predicted molar refractivity (Wildman–Crippen MR) is 174 cm³/mol. The van der Waals surface area contributed by atoms with Crippen molar-refractivity contribution >= 4 is 87.4 Å². The molecule has 0 unspecified atom stereocenters. The highest BCUT2D eigenvalue weighted by Gasteiger charge is 2.26. The summed E-state index contributed by atoms with van der Waals surface area (Å²) >= 11 is 0. The van der Waals surface area contributed by atoms with Crippen molar-refractivity contribution in [2.75, 3.05) is 0 Å². The lowest BCUT2D eigenvalue weighted by molar-refractivity contribution is 0.663. The minimum absolute atomic E-state index is 0.645. The SMILES string of the molecule is c1ccc(-c2nc(-n3c4cccc5c6cccc7oc8ccc9oc%10ccc3c(c%10c9c8c76)c54)nc3ccccc23)cc1. The molecule has 0 saturated carbocycles. The third-order valence-electron chi connectivity index (χ3n) is 9.14. The number of rotatable bonds is 2. The fourth-order valence-electron chi connectivity index (χ4n) is 7.45. The minimum Gasteiger partial charge on any atom is -0.456 e. The van der Waals surface area contributed by atoms with E-state index in [9.17, 15) is 0 Å². The van der Waals surface area contributed by atoms with E-state index in [1.807, 2.05) is 30.3 Å². The van der Waals surface area contributed by atoms with Gasteiger partial charge in [0.1, 0.15) is 22.3 Å². The zero-order valence-electron chi connectivity index (χ0n) is 22.6. The molecule has 5 nitrogen and oxygen atoms in total. The maximum Gasteiger partial charge on any atom is 0.235 e. The first-order valence-electron chi connectivity index (χ1n) is 14.4. The fraction of sp³-hybridized carbons (Fsp3) is 0. The topological polar surface area (TPSA) is 57.0 Å². The first-order valence-corrected chi connectivity index (χ1v) is 14.4. The fourth-order valence-corrected chi connectivity index (χ4v) is 7.45. The normalized spacial score (nSPS) is 12.7. The lowest BCUT2D eigenvalue weighted by atomic mass is 9.95. The van der Waals surface area contributed by atoms with Gasteiger partial charge < -0.3 is 8.83 Å². The van der Waals surface area contributed by atoms with Crippen LogP contribution in [0.5, 0.6) is 0 Å². The Balaban J connectivity index is 1.41. The first kappa shape index (κ1) is 21.8. The Morgan fingerprint density at radius 2 is 1.02 bits per heavy atom. The molecular weight excluding hydrogens is 530 g/mol. The van der Waals surface area contributed by atoms with Crippen molar-refractivity contribution in [1.29, 1.82) is 0 Å². The van der Waals surface area contributed by atoms with Crippen LogP contribution in [0.2, 0.25) is 0 Å². The Labute approximate surface area is 242 Å². The third-order valence-corrected chi connectivity index (χ3v) is 9.14. The molecule has 0 radical (unpaired) electrons. The van der Waals surface area contributed by atoms with Crippen LogP contribution in [-0.4, -0.2) is 14.5 Å². The van der Waals surface area contributed by atoms with Gasteiger partial charge in [0, 0.05) is 43.3 Å². The Kier molecular flexibility index (Phi) is 3.78. The monoisotopic (exact) mass is 549 g/mol. The number of nitrogens with zero attached hydrogens (tertiary/aromatic N) is 3. The van der Waals surface area contributed by atoms with Crippen molar-refractivity contribution in [1.82, 2.24) is 14.5 Å². The summed E-state index contributed by atoms with van der Waals surface area (Å²) in [4.78, 5) is 10.5. The van der Waals surface area contributed by atoms with Gasteiger partial charge in [-0.05, 0) is 53.2 Å². The summed E-state index contributed by atoms with van der Waals surface area (Å²) < 4.78 is 15.2. The van der Waals surface area contributed by atoms with Crippen molar-refractivity contribution in [2.24, 2.45) is 0 Å². The molecule has 7 aromatic carbocycles. The Hall–Kier alpha value is -5.94. The van der Waals surface area contributed by atoms with Gasteiger partial charge in [0.15, 0.2) is 0 Å². The number of fused-ring (bicyclic) bond motifs is 2. The van der Waals surface area contributed by atoms with Crippen LogP contribution >= 0.6 is 0 Å². The van der Waals surface area contributed by atoms with Crippen LogP contribution in [0.15, 0.2) is 124 Å². The highest BCUT2D eigenvalue weighted by Crippen LogP contribution is 2.49. The molecule has 0 saturated heterocycles. The predicted octanol–water partition coefficient (Wildman–Crippen LogP) is 10.2. The molecule has 0 aliphatic heterocycles. The van der Waals surface area contributed by atoms with Crippen LogP contribution in [0.3, 0.4) is 0 Å². The number of aromatic nitrogens is 3. The van der Waals surface area contributed by atoms with Gasteiger partial charge in [0.25, 0.3) is 0 Å². The molecule has 4 heterocycles. The maximum atomic E-state index is 6.52. The van der Waals surface area contributed by atoms with Crippen LogP contribution in [0, 0.1) is 0 Å². The number of hydrogen-bond donors (Lipinski definition) is 0. The van der Waals surface area contributed by atoms with Crippen LogP contribution in [0.25, 0.3) is 105 Å². The highest BCUT2D eigenvalue weighted by molar-refractivity contribution is 6.41. The average molecular weight is 550 g/mol. The van der Waals surface area contributed by atoms with E-state index in [0.29, 0.717) is 5.95 Å². The highest BCUT2D eigenvalue weighted by atomic mass is 16.3. The first-order chi connectivity index (χ1) is 21.3. The molecule has 0 N–H and O–H groups in total. The molecule has 11 rings (SSSR count). The number of hydrogen-bond acceptors (Lipinski definition) is 4. The van der Waals surface area contributed by atoms with Crippen molar-refractivity contribution < 1.29 is 8.83 Å². The number of benzene rings is 6. The van der Waals surface area contributed by atoms with Crippen molar-refractivity contribution in [3.63, 3.8) is 0 Å². The molecule has 4 aromatic heterocycles. The standard InChI is InChI=1S/C38H19N3O2/c1-2-8-20(9-3-1)37-23-10-4-5-13-24(23)39-38(40-37)41-25-14-6-11-21-22-12-7-15-27-32(22)34-29(42-27)18-19-30-36(34)35-28(43-30)17-16-26(41)33(35)31(21)25/h1-19H. The van der Waals surface area contributed by atoms with Gasteiger partial charge in [-0.3, -0.25) is 4.57 Å². The van der Waals surface area contributed by atoms with Crippen molar-refractivity contribution in [3.05, 3.63) is 115 Å². The molecule has 5 heteroatoms. The molecule has 11 aromatic rings. The molecular formula is C38H19N3O2. The van der Waals surface area contributed by atoms with E-state index >= 15 is 0 Å². The van der Waals surface area contributed by atoms with Crippen LogP contribution in [0.1, 0.15) is 0 Å². The van der Waals surface area contributed by atoms with Gasteiger partial charge in [0.2, 0.25) is 5.95 Å². The molecule has 0 fully saturated rings. The number of furan rings is 2. The van der Waals surface area contributed by atoms with Gasteiger partial charge in [-0.2, -0.15) is 0 Å². The Morgan fingerprint density at radius 1 is 0.419 bits per heavy atom. The van der Waals surface area contributed by atoms with E-state index in [1.54, 1.807) is 0 Å². The summed E-state index contributed by atoms with van der Waals surface area (Å²) in [5, 5.41) is 10.1. The largest absolute Gasteiger partial charge is 0.456 e. The zero-order valence-corrected chi connectivity index (χ0v) is 22.6. The van der Waals surface area contributed by atoms with Crippen LogP contribution < -0.4 is 0 Å². The smallest absolute Gasteiger partial charge is 0.235 e. The molecule has 198 valence electrons. The van der Waals surface area contributed by atoms with Crippen LogP contribution in [-0.2, 0) is 0 Å². The van der Waals surface area contributed by atoms with Crippen molar-refractivity contribution in [2.45, 2.75) is 0 Å². The second-order valence-electron chi connectivity index (χ2n) is 11.3. The summed E-state index contributed by atoms with van der Waals surface area (Å²) in [6.45, 7) is 0. The van der Waals surface area contributed by atoms with Crippen LogP contribution in [0.4, 0.5) is 0 Å². The Morgan fingerprint density at radius 3 is 1.86 bits per heavy atom. The summed E-state index contributed by atoms with van der Waals surface area (Å²) in [6.07, 6.45) is 0. The van der Waals surface area contributed by atoms with Gasteiger partial charge in [-0.25, -0.2) is 9.97 Å². The summed E-state index contributed by atoms with van der Waals surface area (Å²) in [6, 6.07) is 39.8. The van der Waals surface area contributed by atoms with E-state index in [0.717, 1.165) is 93.2 Å². The van der Waals surface area contributed by atoms with Gasteiger partial charge >= 0.3 is 0 Å². The third kappa shape index (κ3) is 2.59. The van der Waals surface area contributed by atoms with E-state index in [2.05, 4.69) is 89.5 Å². The average Bonchev–Trinajstić information content (AvgIpc) is 3.72. The van der Waals surface area contributed by atoms with Gasteiger partial charge in [-0.15, -0.1) is 0 Å². The Bertz CT molecular complexity index is 2890. The lowest BCUT2D eigenvalue weighted by Crippen LogP contribution is -2.03. The van der Waals surface area contributed by atoms with E-state index in [1.165, 1.54) is 5.39 Å². The van der Waals surface area contributed by atoms with E-state index < -0.39 is 0 Å². The number of para-hydroxylation sites is 1. The molecule has 0 amide bonds. The molecule has 0 spiro atoms. The lowest BCUT2D eigenvalue weighted by Gasteiger charge is -2.11. The quantitative estimate of drug-likeness (QED) is 0.215. The molecule has 0 bridgehead atoms. The minimum atomic E-state index is 0.645. The van der Waals surface area contributed by atoms with E-state index in [-0.39, 0.29) is 0 Å². The van der Waals surface area contributed by atoms with E-state index in [4.69, 9.17) is 18.8 Å². The molecule has 0 aliphatic carbocycles. The molecule has 0 atom stereocenters. The summed E-state index contributed by atoms with van der Waals surface area (Å²) in [5.41, 5.74) is 8.46. The van der Waals surface area contributed by atoms with Gasteiger partial charge in [-0.1, -0.05) is 72.8 Å². The summed E-state index contributed by atoms with van der Waals surface area (Å²) in [5.74, 6) is 0.645. The second-order valence-corrected chi connectivity index (χ2v) is 11.3. The summed E-state index contributed by atoms with van der Waals surface area (Å²) in [7, 11) is 0. The van der Waals surface area contributed by atoms with Gasteiger partial charge in [0.05, 0.1) is 22.2 Å². The molecule has 0 aliphatic rings. The maximum absolute atomic E-state index is 6.52. The molecule has 43 heavy (non-hydrogen) atoms.